The van der Waals surface area contributed by atoms with Gasteiger partial charge in [0, 0.05) is 21.3 Å². The molecule has 2 aromatic carbocycles. The van der Waals surface area contributed by atoms with Crippen LogP contribution in [0.15, 0.2) is 47.0 Å². The zero-order valence-electron chi connectivity index (χ0n) is 15.1. The molecule has 27 heavy (non-hydrogen) atoms. The quantitative estimate of drug-likeness (QED) is 0.725. The highest BCUT2D eigenvalue weighted by molar-refractivity contribution is 6.31. The lowest BCUT2D eigenvalue weighted by molar-refractivity contribution is -0.915. The number of quaternary nitrogens is 1. The summed E-state index contributed by atoms with van der Waals surface area (Å²) in [7, 11) is 0. The number of aryl methyl sites for hydroxylation is 1. The molecule has 0 amide bonds. The number of anilines is 1. The van der Waals surface area contributed by atoms with E-state index in [9.17, 15) is 0 Å². The highest BCUT2D eigenvalue weighted by atomic mass is 35.5. The van der Waals surface area contributed by atoms with Gasteiger partial charge in [0.1, 0.15) is 0 Å². The van der Waals surface area contributed by atoms with Crippen molar-refractivity contribution in [3.8, 4) is 11.4 Å². The number of aromatic nitrogens is 2. The number of nitrogens with zero attached hydrogens (tertiary/aromatic N) is 3. The van der Waals surface area contributed by atoms with Crippen LogP contribution in [-0.4, -0.2) is 36.3 Å². The van der Waals surface area contributed by atoms with Gasteiger partial charge in [-0.05, 0) is 48.9 Å². The molecule has 0 bridgehead atoms. The van der Waals surface area contributed by atoms with Gasteiger partial charge in [-0.1, -0.05) is 34.4 Å². The van der Waals surface area contributed by atoms with Gasteiger partial charge in [0.2, 0.25) is 5.82 Å². The van der Waals surface area contributed by atoms with Crippen LogP contribution in [0, 0.1) is 6.92 Å². The zero-order chi connectivity index (χ0) is 18.8. The smallest absolute Gasteiger partial charge is 0.282 e. The Morgan fingerprint density at radius 2 is 1.74 bits per heavy atom. The number of hydrogen-bond acceptors (Lipinski definition) is 4. The Labute approximate surface area is 168 Å². The summed E-state index contributed by atoms with van der Waals surface area (Å²) in [4.78, 5) is 8.38. The third kappa shape index (κ3) is 4.26. The molecule has 7 heteroatoms. The van der Waals surface area contributed by atoms with Crippen molar-refractivity contribution < 1.29 is 9.42 Å². The van der Waals surface area contributed by atoms with Crippen molar-refractivity contribution in [2.45, 2.75) is 13.5 Å². The Kier molecular flexibility index (Phi) is 5.34. The van der Waals surface area contributed by atoms with Gasteiger partial charge in [0.05, 0.1) is 26.2 Å². The van der Waals surface area contributed by atoms with Crippen LogP contribution in [0.1, 0.15) is 11.5 Å². The highest BCUT2D eigenvalue weighted by Crippen LogP contribution is 2.24. The third-order valence-electron chi connectivity index (χ3n) is 4.95. The molecule has 0 saturated carbocycles. The van der Waals surface area contributed by atoms with Crippen LogP contribution in [-0.2, 0) is 6.54 Å². The van der Waals surface area contributed by atoms with Crippen molar-refractivity contribution in [1.29, 1.82) is 0 Å². The first kappa shape index (κ1) is 18.3. The van der Waals surface area contributed by atoms with Gasteiger partial charge in [-0.15, -0.1) is 0 Å². The maximum atomic E-state index is 6.17. The topological polar surface area (TPSA) is 46.6 Å². The monoisotopic (exact) mass is 403 g/mol. The van der Waals surface area contributed by atoms with Gasteiger partial charge in [0.15, 0.2) is 6.54 Å². The second-order valence-corrected chi connectivity index (χ2v) is 7.74. The van der Waals surface area contributed by atoms with E-state index in [1.807, 2.05) is 30.3 Å². The molecule has 0 unspecified atom stereocenters. The van der Waals surface area contributed by atoms with Crippen molar-refractivity contribution in [2.24, 2.45) is 0 Å². The minimum absolute atomic E-state index is 0.606. The predicted octanol–water partition coefficient (Wildman–Crippen LogP) is 3.26. The molecule has 1 saturated heterocycles. The number of piperazine rings is 1. The molecule has 140 valence electrons. The van der Waals surface area contributed by atoms with E-state index in [1.54, 1.807) is 0 Å². The van der Waals surface area contributed by atoms with Crippen LogP contribution in [0.5, 0.6) is 0 Å². The molecule has 0 aliphatic carbocycles. The van der Waals surface area contributed by atoms with Crippen molar-refractivity contribution in [1.82, 2.24) is 10.1 Å². The molecule has 1 aliphatic rings. The van der Waals surface area contributed by atoms with Gasteiger partial charge in [-0.3, -0.25) is 0 Å². The summed E-state index contributed by atoms with van der Waals surface area (Å²) in [5, 5.41) is 5.58. The molecule has 3 aromatic rings. The molecular weight excluding hydrogens is 383 g/mol. The van der Waals surface area contributed by atoms with Gasteiger partial charge < -0.3 is 14.3 Å². The Hall–Kier alpha value is -2.08. The van der Waals surface area contributed by atoms with E-state index in [4.69, 9.17) is 27.7 Å². The fraction of sp³-hybridized carbons (Fsp3) is 0.300. The summed E-state index contributed by atoms with van der Waals surface area (Å²) in [6.45, 7) is 6.86. The SMILES string of the molecule is Cc1ccc(Cl)cc1N1CC[NH+](Cc2nc(-c3ccc(Cl)cc3)no2)CC1. The van der Waals surface area contributed by atoms with Gasteiger partial charge >= 0.3 is 0 Å². The Morgan fingerprint density at radius 1 is 1.04 bits per heavy atom. The maximum absolute atomic E-state index is 6.17. The summed E-state index contributed by atoms with van der Waals surface area (Å²) in [5.41, 5.74) is 3.39. The summed E-state index contributed by atoms with van der Waals surface area (Å²) in [5.74, 6) is 1.27. The van der Waals surface area contributed by atoms with E-state index in [0.717, 1.165) is 43.3 Å². The van der Waals surface area contributed by atoms with Crippen LogP contribution in [0.25, 0.3) is 11.4 Å². The standard InChI is InChI=1S/C20H20Cl2N4O/c1-14-2-5-17(22)12-18(14)26-10-8-25(9-11-26)13-19-23-20(24-27-19)15-3-6-16(21)7-4-15/h2-7,12H,8-11,13H2,1H3/p+1. The summed E-state index contributed by atoms with van der Waals surface area (Å²) in [6.07, 6.45) is 0. The minimum atomic E-state index is 0.606. The molecule has 2 heterocycles. The third-order valence-corrected chi connectivity index (χ3v) is 5.44. The Balaban J connectivity index is 1.37. The first-order valence-corrected chi connectivity index (χ1v) is 9.77. The molecule has 1 fully saturated rings. The summed E-state index contributed by atoms with van der Waals surface area (Å²) < 4.78 is 5.45. The summed E-state index contributed by atoms with van der Waals surface area (Å²) in [6, 6.07) is 13.5. The predicted molar refractivity (Wildman–Crippen MR) is 108 cm³/mol. The lowest BCUT2D eigenvalue weighted by atomic mass is 10.1. The molecule has 1 aliphatic heterocycles. The van der Waals surface area contributed by atoms with E-state index in [-0.39, 0.29) is 0 Å². The Morgan fingerprint density at radius 3 is 2.48 bits per heavy atom. The van der Waals surface area contributed by atoms with E-state index < -0.39 is 0 Å². The van der Waals surface area contributed by atoms with E-state index in [0.29, 0.717) is 16.7 Å². The number of nitrogens with one attached hydrogen (secondary N) is 1. The van der Waals surface area contributed by atoms with Crippen LogP contribution in [0.3, 0.4) is 0 Å². The van der Waals surface area contributed by atoms with Crippen LogP contribution in [0.2, 0.25) is 10.0 Å². The molecule has 4 rings (SSSR count). The maximum Gasteiger partial charge on any atom is 0.282 e. The lowest BCUT2D eigenvalue weighted by Crippen LogP contribution is -3.13. The minimum Gasteiger partial charge on any atom is -0.360 e. The van der Waals surface area contributed by atoms with E-state index >= 15 is 0 Å². The molecule has 0 spiro atoms. The second-order valence-electron chi connectivity index (χ2n) is 6.86. The fourth-order valence-electron chi connectivity index (χ4n) is 3.42. The van der Waals surface area contributed by atoms with Crippen molar-refractivity contribution >= 4 is 28.9 Å². The Bertz CT molecular complexity index is 918. The van der Waals surface area contributed by atoms with Gasteiger partial charge in [-0.25, -0.2) is 0 Å². The molecule has 1 aromatic heterocycles. The lowest BCUT2D eigenvalue weighted by Gasteiger charge is -2.34. The molecule has 0 radical (unpaired) electrons. The average Bonchev–Trinajstić information content (AvgIpc) is 3.13. The second kappa shape index (κ2) is 7.89. The van der Waals surface area contributed by atoms with Crippen LogP contribution >= 0.6 is 23.2 Å². The highest BCUT2D eigenvalue weighted by Gasteiger charge is 2.23. The van der Waals surface area contributed by atoms with Crippen molar-refractivity contribution in [3.63, 3.8) is 0 Å². The van der Waals surface area contributed by atoms with E-state index in [1.165, 1.54) is 16.2 Å². The zero-order valence-corrected chi connectivity index (χ0v) is 16.6. The van der Waals surface area contributed by atoms with Crippen molar-refractivity contribution in [3.05, 3.63) is 64.0 Å². The molecule has 5 nitrogen and oxygen atoms in total. The first-order valence-electron chi connectivity index (χ1n) is 9.02. The largest absolute Gasteiger partial charge is 0.360 e. The van der Waals surface area contributed by atoms with Gasteiger partial charge in [-0.2, -0.15) is 4.98 Å². The molecule has 1 N–H and O–H groups in total. The van der Waals surface area contributed by atoms with Crippen LogP contribution < -0.4 is 9.80 Å². The molecule has 0 atom stereocenters. The number of rotatable bonds is 4. The van der Waals surface area contributed by atoms with Crippen molar-refractivity contribution in [2.75, 3.05) is 31.1 Å². The number of benzene rings is 2. The molecular formula is C20H21Cl2N4O+. The summed E-state index contributed by atoms with van der Waals surface area (Å²) >= 11 is 12.1. The normalized spacial score (nSPS) is 15.3. The average molecular weight is 404 g/mol. The van der Waals surface area contributed by atoms with Crippen LogP contribution in [0.4, 0.5) is 5.69 Å². The van der Waals surface area contributed by atoms with Gasteiger partial charge in [0.25, 0.3) is 5.89 Å². The number of halogens is 2. The fourth-order valence-corrected chi connectivity index (χ4v) is 3.71. The number of hydrogen-bond donors (Lipinski definition) is 1. The first-order chi connectivity index (χ1) is 13.1. The van der Waals surface area contributed by atoms with E-state index in [2.05, 4.69) is 34.1 Å².